The summed E-state index contributed by atoms with van der Waals surface area (Å²) in [5.41, 5.74) is 2.86. The van der Waals surface area contributed by atoms with Crippen molar-refractivity contribution >= 4 is 23.2 Å². The Balaban J connectivity index is 1.26. The molecule has 2 aromatic carbocycles. The molecule has 1 aliphatic heterocycles. The Morgan fingerprint density at radius 3 is 2.66 bits per heavy atom. The van der Waals surface area contributed by atoms with Gasteiger partial charge in [-0.1, -0.05) is 49.7 Å². The van der Waals surface area contributed by atoms with Crippen LogP contribution in [0, 0.1) is 0 Å². The molecule has 35 heavy (non-hydrogen) atoms. The van der Waals surface area contributed by atoms with Crippen molar-refractivity contribution in [1.82, 2.24) is 10.3 Å². The van der Waals surface area contributed by atoms with Gasteiger partial charge in [-0.25, -0.2) is 4.98 Å². The summed E-state index contributed by atoms with van der Waals surface area (Å²) < 4.78 is 5.81. The topological polar surface area (TPSA) is 87.5 Å². The van der Waals surface area contributed by atoms with Gasteiger partial charge in [0.25, 0.3) is 0 Å². The molecule has 1 unspecified atom stereocenters. The van der Waals surface area contributed by atoms with E-state index in [1.165, 1.54) is 12.8 Å². The molecule has 0 spiro atoms. The Labute approximate surface area is 206 Å². The molecular formula is C28H34N4O3. The van der Waals surface area contributed by atoms with Crippen molar-refractivity contribution in [2.45, 2.75) is 57.9 Å². The Kier molecular flexibility index (Phi) is 8.54. The van der Waals surface area contributed by atoms with Crippen molar-refractivity contribution in [1.29, 1.82) is 0 Å². The summed E-state index contributed by atoms with van der Waals surface area (Å²) in [6.45, 7) is 4.10. The summed E-state index contributed by atoms with van der Waals surface area (Å²) in [7, 11) is 0. The van der Waals surface area contributed by atoms with E-state index in [-0.39, 0.29) is 11.8 Å². The first-order valence-corrected chi connectivity index (χ1v) is 12.6. The van der Waals surface area contributed by atoms with Gasteiger partial charge in [0, 0.05) is 42.9 Å². The van der Waals surface area contributed by atoms with E-state index in [1.807, 2.05) is 55.5 Å². The third kappa shape index (κ3) is 6.94. The SMILES string of the molecule is CCCC(NC(=O)CCCc1ncc(-c2ccccc2)o1)C(=O)Nc1cccc(N2CCCC2)c1. The molecule has 3 aromatic rings. The van der Waals surface area contributed by atoms with Crippen LogP contribution in [0.4, 0.5) is 11.4 Å². The Bertz CT molecular complexity index is 1110. The maximum atomic E-state index is 12.9. The minimum absolute atomic E-state index is 0.140. The van der Waals surface area contributed by atoms with E-state index in [2.05, 4.69) is 26.6 Å². The maximum Gasteiger partial charge on any atom is 0.246 e. The lowest BCUT2D eigenvalue weighted by molar-refractivity contribution is -0.126. The minimum atomic E-state index is -0.561. The van der Waals surface area contributed by atoms with Crippen molar-refractivity contribution in [2.24, 2.45) is 0 Å². The van der Waals surface area contributed by atoms with Gasteiger partial charge in [0.1, 0.15) is 6.04 Å². The van der Waals surface area contributed by atoms with Crippen molar-refractivity contribution in [3.8, 4) is 11.3 Å². The van der Waals surface area contributed by atoms with E-state index in [0.717, 1.165) is 42.2 Å². The molecule has 1 aromatic heterocycles. The molecule has 1 atom stereocenters. The second-order valence-corrected chi connectivity index (χ2v) is 8.98. The Morgan fingerprint density at radius 1 is 1.09 bits per heavy atom. The molecule has 1 aliphatic rings. The number of rotatable bonds is 11. The van der Waals surface area contributed by atoms with Gasteiger partial charge in [-0.2, -0.15) is 0 Å². The molecule has 4 rings (SSSR count). The molecule has 0 bridgehead atoms. The number of aryl methyl sites for hydroxylation is 1. The smallest absolute Gasteiger partial charge is 0.246 e. The highest BCUT2D eigenvalue weighted by Crippen LogP contribution is 2.24. The van der Waals surface area contributed by atoms with Crippen molar-refractivity contribution in [3.05, 3.63) is 66.7 Å². The largest absolute Gasteiger partial charge is 0.441 e. The monoisotopic (exact) mass is 474 g/mol. The fraction of sp³-hybridized carbons (Fsp3) is 0.393. The average molecular weight is 475 g/mol. The number of nitrogens with zero attached hydrogens (tertiary/aromatic N) is 2. The maximum absolute atomic E-state index is 12.9. The molecule has 0 saturated carbocycles. The predicted octanol–water partition coefficient (Wildman–Crippen LogP) is 5.19. The van der Waals surface area contributed by atoms with Crippen LogP contribution in [0.2, 0.25) is 0 Å². The molecule has 0 aliphatic carbocycles. The summed E-state index contributed by atoms with van der Waals surface area (Å²) in [6, 6.07) is 17.2. The summed E-state index contributed by atoms with van der Waals surface area (Å²) >= 11 is 0. The molecule has 7 heteroatoms. The molecule has 184 valence electrons. The number of amides is 2. The normalized spacial score (nSPS) is 14.0. The summed E-state index contributed by atoms with van der Waals surface area (Å²) in [5, 5.41) is 5.90. The number of hydrogen-bond acceptors (Lipinski definition) is 5. The number of carbonyl (C=O) groups is 2. The van der Waals surface area contributed by atoms with Crippen LogP contribution in [0.3, 0.4) is 0 Å². The third-order valence-electron chi connectivity index (χ3n) is 6.22. The van der Waals surface area contributed by atoms with Gasteiger partial charge in [-0.15, -0.1) is 0 Å². The van der Waals surface area contributed by atoms with Crippen LogP contribution < -0.4 is 15.5 Å². The standard InChI is InChI=1S/C28H34N4O3/c1-2-10-24(28(34)30-22-13-8-14-23(19-22)32-17-6-7-18-32)31-26(33)15-9-16-27-29-20-25(35-27)21-11-4-3-5-12-21/h3-5,8,11-14,19-20,24H,2,6-7,9-10,15-18H2,1H3,(H,30,34)(H,31,33). The molecule has 7 nitrogen and oxygen atoms in total. The predicted molar refractivity (Wildman–Crippen MR) is 138 cm³/mol. The molecule has 2 heterocycles. The van der Waals surface area contributed by atoms with E-state index in [9.17, 15) is 9.59 Å². The zero-order valence-electron chi connectivity index (χ0n) is 20.3. The molecule has 0 radical (unpaired) electrons. The number of nitrogens with one attached hydrogen (secondary N) is 2. The molecule has 1 fully saturated rings. The van der Waals surface area contributed by atoms with Gasteiger partial charge in [0.05, 0.1) is 6.20 Å². The highest BCUT2D eigenvalue weighted by Gasteiger charge is 2.21. The summed E-state index contributed by atoms with van der Waals surface area (Å²) in [6.07, 6.45) is 6.96. The van der Waals surface area contributed by atoms with Crippen LogP contribution >= 0.6 is 0 Å². The van der Waals surface area contributed by atoms with Gasteiger partial charge in [0.2, 0.25) is 11.8 Å². The first-order valence-electron chi connectivity index (χ1n) is 12.6. The second kappa shape index (κ2) is 12.2. The summed E-state index contributed by atoms with van der Waals surface area (Å²) in [4.78, 5) is 32.2. The van der Waals surface area contributed by atoms with Gasteiger partial charge in [-0.05, 0) is 43.9 Å². The highest BCUT2D eigenvalue weighted by atomic mass is 16.4. The van der Waals surface area contributed by atoms with Crippen LogP contribution in [0.1, 0.15) is 51.3 Å². The van der Waals surface area contributed by atoms with Crippen LogP contribution in [0.5, 0.6) is 0 Å². The number of anilines is 2. The lowest BCUT2D eigenvalue weighted by atomic mass is 10.1. The van der Waals surface area contributed by atoms with Gasteiger partial charge < -0.3 is 20.0 Å². The molecule has 1 saturated heterocycles. The Morgan fingerprint density at radius 2 is 1.89 bits per heavy atom. The fourth-order valence-corrected chi connectivity index (χ4v) is 4.37. The number of hydrogen-bond donors (Lipinski definition) is 2. The number of oxazole rings is 1. The second-order valence-electron chi connectivity index (χ2n) is 8.98. The summed E-state index contributed by atoms with van der Waals surface area (Å²) in [5.74, 6) is 1.01. The fourth-order valence-electron chi connectivity index (χ4n) is 4.37. The van der Waals surface area contributed by atoms with E-state index >= 15 is 0 Å². The van der Waals surface area contributed by atoms with E-state index in [0.29, 0.717) is 31.6 Å². The van der Waals surface area contributed by atoms with Crippen LogP contribution in [-0.4, -0.2) is 35.9 Å². The Hall–Kier alpha value is -3.61. The van der Waals surface area contributed by atoms with E-state index < -0.39 is 6.04 Å². The molecule has 2 amide bonds. The van der Waals surface area contributed by atoms with Crippen molar-refractivity contribution in [2.75, 3.05) is 23.3 Å². The number of benzene rings is 2. The van der Waals surface area contributed by atoms with Gasteiger partial charge in [-0.3, -0.25) is 9.59 Å². The van der Waals surface area contributed by atoms with Crippen LogP contribution in [0.15, 0.2) is 65.2 Å². The zero-order valence-corrected chi connectivity index (χ0v) is 20.3. The molecular weight excluding hydrogens is 440 g/mol. The lowest BCUT2D eigenvalue weighted by Crippen LogP contribution is -2.43. The number of carbonyl (C=O) groups excluding carboxylic acids is 2. The van der Waals surface area contributed by atoms with E-state index in [4.69, 9.17) is 4.42 Å². The van der Waals surface area contributed by atoms with Crippen LogP contribution in [0.25, 0.3) is 11.3 Å². The number of aromatic nitrogens is 1. The van der Waals surface area contributed by atoms with E-state index in [1.54, 1.807) is 6.20 Å². The van der Waals surface area contributed by atoms with Gasteiger partial charge >= 0.3 is 0 Å². The quantitative estimate of drug-likeness (QED) is 0.399. The van der Waals surface area contributed by atoms with Gasteiger partial charge in [0.15, 0.2) is 11.7 Å². The lowest BCUT2D eigenvalue weighted by Gasteiger charge is -2.20. The zero-order chi connectivity index (χ0) is 24.5. The molecule has 2 N–H and O–H groups in total. The first-order chi connectivity index (χ1) is 17.1. The van der Waals surface area contributed by atoms with Crippen molar-refractivity contribution < 1.29 is 14.0 Å². The first kappa shape index (κ1) is 24.5. The highest BCUT2D eigenvalue weighted by molar-refractivity contribution is 5.97. The van der Waals surface area contributed by atoms with Crippen molar-refractivity contribution in [3.63, 3.8) is 0 Å². The average Bonchev–Trinajstić information content (AvgIpc) is 3.57. The van der Waals surface area contributed by atoms with Crippen LogP contribution in [-0.2, 0) is 16.0 Å². The third-order valence-corrected chi connectivity index (χ3v) is 6.22. The minimum Gasteiger partial charge on any atom is -0.441 e.